The molecule has 1 heterocycles. The first-order chi connectivity index (χ1) is 11.8. The zero-order valence-electron chi connectivity index (χ0n) is 13.1. The molecule has 2 aromatic carbocycles. The van der Waals surface area contributed by atoms with Crippen LogP contribution in [-0.4, -0.2) is 16.2 Å². The first kappa shape index (κ1) is 16.0. The van der Waals surface area contributed by atoms with Gasteiger partial charge in [0.25, 0.3) is 0 Å². The van der Waals surface area contributed by atoms with Crippen molar-refractivity contribution in [3.63, 3.8) is 0 Å². The number of rotatable bonds is 6. The quantitative estimate of drug-likeness (QED) is 0.731. The van der Waals surface area contributed by atoms with Gasteiger partial charge in [-0.15, -0.1) is 0 Å². The van der Waals surface area contributed by atoms with Crippen molar-refractivity contribution in [1.29, 1.82) is 0 Å². The van der Waals surface area contributed by atoms with Gasteiger partial charge in [0, 0.05) is 18.2 Å². The third-order valence-corrected chi connectivity index (χ3v) is 3.72. The predicted octanol–water partition coefficient (Wildman–Crippen LogP) is 2.69. The summed E-state index contributed by atoms with van der Waals surface area (Å²) in [5, 5.41) is 16.1. The van der Waals surface area contributed by atoms with Gasteiger partial charge < -0.3 is 14.9 Å². The molecule has 0 atom stereocenters. The third kappa shape index (κ3) is 3.88. The molecule has 1 aromatic heterocycles. The number of carbonyl (C=O) groups is 1. The molecule has 5 heteroatoms. The fourth-order valence-electron chi connectivity index (χ4n) is 2.44. The van der Waals surface area contributed by atoms with Crippen molar-refractivity contribution in [1.82, 2.24) is 10.5 Å². The minimum atomic E-state index is -0.143. The molecule has 122 valence electrons. The van der Waals surface area contributed by atoms with Crippen LogP contribution in [0.5, 0.6) is 0 Å². The van der Waals surface area contributed by atoms with Gasteiger partial charge in [-0.05, 0) is 11.1 Å². The minimum Gasteiger partial charge on any atom is -0.392 e. The Hall–Kier alpha value is -2.92. The molecule has 1 amide bonds. The molecule has 0 aliphatic rings. The Kier molecular flexibility index (Phi) is 5.03. The van der Waals surface area contributed by atoms with Crippen molar-refractivity contribution in [3.8, 4) is 11.3 Å². The van der Waals surface area contributed by atoms with E-state index < -0.39 is 0 Å². The van der Waals surface area contributed by atoms with Gasteiger partial charge in [-0.25, -0.2) is 0 Å². The molecule has 0 fully saturated rings. The molecule has 0 aliphatic carbocycles. The van der Waals surface area contributed by atoms with Crippen molar-refractivity contribution in [2.45, 2.75) is 19.6 Å². The summed E-state index contributed by atoms with van der Waals surface area (Å²) in [5.41, 5.74) is 3.22. The minimum absolute atomic E-state index is 0.0459. The molecule has 3 aromatic rings. The third-order valence-electron chi connectivity index (χ3n) is 3.72. The number of hydrogen-bond donors (Lipinski definition) is 2. The molecular formula is C19H18N2O3. The molecule has 0 spiro atoms. The number of aliphatic hydroxyl groups is 1. The molecule has 5 nitrogen and oxygen atoms in total. The average molecular weight is 322 g/mol. The van der Waals surface area contributed by atoms with Gasteiger partial charge in [0.05, 0.1) is 18.7 Å². The number of amides is 1. The number of benzene rings is 2. The number of aliphatic hydroxyl groups excluding tert-OH is 1. The first-order valence-corrected chi connectivity index (χ1v) is 7.71. The van der Waals surface area contributed by atoms with Crippen LogP contribution in [0.15, 0.2) is 65.2 Å². The Labute approximate surface area is 139 Å². The van der Waals surface area contributed by atoms with Gasteiger partial charge in [-0.2, -0.15) is 0 Å². The molecule has 0 aliphatic heterocycles. The highest BCUT2D eigenvalue weighted by atomic mass is 16.5. The van der Waals surface area contributed by atoms with E-state index in [1.807, 2.05) is 54.6 Å². The standard InChI is InChI=1S/C19H18N2O3/c22-13-16-9-5-4-8-15(16)12-20-19(23)11-17-10-18(24-21-17)14-6-2-1-3-7-14/h1-10,22H,11-13H2,(H,20,23). The number of hydrogen-bond acceptors (Lipinski definition) is 4. The zero-order chi connectivity index (χ0) is 16.8. The second-order valence-electron chi connectivity index (χ2n) is 5.43. The lowest BCUT2D eigenvalue weighted by Gasteiger charge is -2.08. The summed E-state index contributed by atoms with van der Waals surface area (Å²) in [7, 11) is 0. The van der Waals surface area contributed by atoms with E-state index in [9.17, 15) is 9.90 Å². The number of nitrogens with one attached hydrogen (secondary N) is 1. The number of carbonyl (C=O) groups excluding carboxylic acids is 1. The van der Waals surface area contributed by atoms with Crippen molar-refractivity contribution in [3.05, 3.63) is 77.5 Å². The summed E-state index contributed by atoms with van der Waals surface area (Å²) in [6.07, 6.45) is 0.150. The van der Waals surface area contributed by atoms with E-state index >= 15 is 0 Å². The maximum atomic E-state index is 12.1. The average Bonchev–Trinajstić information content (AvgIpc) is 3.09. The Balaban J connectivity index is 1.58. The highest BCUT2D eigenvalue weighted by Gasteiger charge is 2.11. The summed E-state index contributed by atoms with van der Waals surface area (Å²) >= 11 is 0. The molecular weight excluding hydrogens is 304 g/mol. The molecule has 0 saturated heterocycles. The van der Waals surface area contributed by atoms with E-state index in [0.717, 1.165) is 16.7 Å². The van der Waals surface area contributed by atoms with Gasteiger partial charge in [-0.3, -0.25) is 4.79 Å². The highest BCUT2D eigenvalue weighted by Crippen LogP contribution is 2.19. The van der Waals surface area contributed by atoms with Crippen LogP contribution in [-0.2, 0) is 24.4 Å². The number of nitrogens with zero attached hydrogens (tertiary/aromatic N) is 1. The SMILES string of the molecule is O=C(Cc1cc(-c2ccccc2)on1)NCc1ccccc1CO. The predicted molar refractivity (Wildman–Crippen MR) is 89.9 cm³/mol. The molecule has 0 bridgehead atoms. The second kappa shape index (κ2) is 7.57. The van der Waals surface area contributed by atoms with E-state index in [1.54, 1.807) is 6.07 Å². The van der Waals surface area contributed by atoms with E-state index in [2.05, 4.69) is 10.5 Å². The zero-order valence-corrected chi connectivity index (χ0v) is 13.1. The van der Waals surface area contributed by atoms with Gasteiger partial charge in [0.1, 0.15) is 0 Å². The van der Waals surface area contributed by atoms with Crippen LogP contribution in [0, 0.1) is 0 Å². The topological polar surface area (TPSA) is 75.4 Å². The van der Waals surface area contributed by atoms with Crippen molar-refractivity contribution in [2.75, 3.05) is 0 Å². The monoisotopic (exact) mass is 322 g/mol. The van der Waals surface area contributed by atoms with Crippen LogP contribution in [0.4, 0.5) is 0 Å². The summed E-state index contributed by atoms with van der Waals surface area (Å²) in [6.45, 7) is 0.328. The lowest BCUT2D eigenvalue weighted by Crippen LogP contribution is -2.25. The summed E-state index contributed by atoms with van der Waals surface area (Å²) in [5.74, 6) is 0.500. The van der Waals surface area contributed by atoms with Crippen molar-refractivity contribution >= 4 is 5.91 Å². The normalized spacial score (nSPS) is 10.5. The fourth-order valence-corrected chi connectivity index (χ4v) is 2.44. The van der Waals surface area contributed by atoms with Gasteiger partial charge in [-0.1, -0.05) is 59.8 Å². The van der Waals surface area contributed by atoms with Crippen LogP contribution in [0.2, 0.25) is 0 Å². The Morgan fingerprint density at radius 1 is 1.04 bits per heavy atom. The van der Waals surface area contributed by atoms with Crippen LogP contribution < -0.4 is 5.32 Å². The Morgan fingerprint density at radius 2 is 1.75 bits per heavy atom. The second-order valence-corrected chi connectivity index (χ2v) is 5.43. The molecule has 0 saturated carbocycles. The molecule has 2 N–H and O–H groups in total. The maximum absolute atomic E-state index is 12.1. The maximum Gasteiger partial charge on any atom is 0.226 e. The van der Waals surface area contributed by atoms with Crippen LogP contribution in [0.3, 0.4) is 0 Å². The van der Waals surface area contributed by atoms with Crippen molar-refractivity contribution in [2.24, 2.45) is 0 Å². The van der Waals surface area contributed by atoms with E-state index in [0.29, 0.717) is 18.0 Å². The highest BCUT2D eigenvalue weighted by molar-refractivity contribution is 5.78. The largest absolute Gasteiger partial charge is 0.392 e. The summed E-state index contributed by atoms with van der Waals surface area (Å²) in [6, 6.07) is 18.9. The van der Waals surface area contributed by atoms with E-state index in [1.165, 1.54) is 0 Å². The van der Waals surface area contributed by atoms with Crippen molar-refractivity contribution < 1.29 is 14.4 Å². The smallest absolute Gasteiger partial charge is 0.226 e. The van der Waals surface area contributed by atoms with E-state index in [4.69, 9.17) is 4.52 Å². The lowest BCUT2D eigenvalue weighted by molar-refractivity contribution is -0.120. The van der Waals surface area contributed by atoms with Gasteiger partial charge >= 0.3 is 0 Å². The van der Waals surface area contributed by atoms with E-state index in [-0.39, 0.29) is 18.9 Å². The van der Waals surface area contributed by atoms with Crippen LogP contribution in [0.25, 0.3) is 11.3 Å². The summed E-state index contributed by atoms with van der Waals surface area (Å²) in [4.78, 5) is 12.1. The molecule has 0 radical (unpaired) electrons. The number of aromatic nitrogens is 1. The first-order valence-electron chi connectivity index (χ1n) is 7.71. The van der Waals surface area contributed by atoms with Gasteiger partial charge in [0.2, 0.25) is 5.91 Å². The van der Waals surface area contributed by atoms with Crippen LogP contribution >= 0.6 is 0 Å². The molecule has 0 unspecified atom stereocenters. The fraction of sp³-hybridized carbons (Fsp3) is 0.158. The van der Waals surface area contributed by atoms with Crippen LogP contribution in [0.1, 0.15) is 16.8 Å². The Bertz CT molecular complexity index is 812. The molecule has 3 rings (SSSR count). The molecule has 24 heavy (non-hydrogen) atoms. The van der Waals surface area contributed by atoms with Gasteiger partial charge in [0.15, 0.2) is 5.76 Å². The summed E-state index contributed by atoms with van der Waals surface area (Å²) < 4.78 is 5.29. The Morgan fingerprint density at radius 3 is 2.50 bits per heavy atom. The lowest BCUT2D eigenvalue weighted by atomic mass is 10.1.